The van der Waals surface area contributed by atoms with Crippen molar-refractivity contribution in [2.75, 3.05) is 0 Å². The Morgan fingerprint density at radius 1 is 0.354 bits per heavy atom. The molecule has 65 heavy (non-hydrogen) atoms. The molecule has 3 heterocycles. The van der Waals surface area contributed by atoms with Gasteiger partial charge in [0.1, 0.15) is 0 Å². The van der Waals surface area contributed by atoms with Crippen LogP contribution < -0.4 is 0 Å². The van der Waals surface area contributed by atoms with E-state index in [-0.39, 0.29) is 5.41 Å². The maximum absolute atomic E-state index is 5.51. The summed E-state index contributed by atoms with van der Waals surface area (Å²) in [6.07, 6.45) is 0. The monoisotopic (exact) mass is 831 g/mol. The number of rotatable bonds is 6. The van der Waals surface area contributed by atoms with E-state index in [1.165, 1.54) is 38.8 Å². The highest BCUT2D eigenvalue weighted by Gasteiger charge is 2.35. The standard InChI is InChI=1S/C60H41N5/c1-60(2)49-29-15-12-25-43(49)44-34-33-41(37-50(44)60)58-61-57(40-23-10-5-11-24-40)62-59(63-58)65-52-31-17-14-27-46(52)48-36-35-47-45-26-13-16-30-51(45)64(55(47)56(48)65)53-32-18-28-42(38-19-6-3-7-20-38)54(53)39-21-8-4-9-22-39/h3-37H,1-2H3. The van der Waals surface area contributed by atoms with E-state index in [0.29, 0.717) is 17.6 Å². The summed E-state index contributed by atoms with van der Waals surface area (Å²) in [6.45, 7) is 4.63. The summed E-state index contributed by atoms with van der Waals surface area (Å²) in [5.41, 5.74) is 16.9. The van der Waals surface area contributed by atoms with E-state index < -0.39 is 0 Å². The zero-order valence-electron chi connectivity index (χ0n) is 35.9. The number of nitrogens with zero attached hydrogens (tertiary/aromatic N) is 5. The Morgan fingerprint density at radius 2 is 0.877 bits per heavy atom. The van der Waals surface area contributed by atoms with Crippen LogP contribution in [0.3, 0.4) is 0 Å². The molecule has 0 atom stereocenters. The number of para-hydroxylation sites is 2. The Balaban J connectivity index is 1.15. The van der Waals surface area contributed by atoms with E-state index in [2.05, 4.69) is 217 Å². The Bertz CT molecular complexity index is 3840. The summed E-state index contributed by atoms with van der Waals surface area (Å²) in [4.78, 5) is 16.2. The lowest BCUT2D eigenvalue weighted by molar-refractivity contribution is 0.660. The first-order chi connectivity index (χ1) is 32.0. The van der Waals surface area contributed by atoms with Crippen LogP contribution in [0.25, 0.3) is 111 Å². The lowest BCUT2D eigenvalue weighted by Crippen LogP contribution is -2.15. The highest BCUT2D eigenvalue weighted by atomic mass is 15.2. The predicted octanol–water partition coefficient (Wildman–Crippen LogP) is 15.0. The molecular weight excluding hydrogens is 791 g/mol. The highest BCUT2D eigenvalue weighted by molar-refractivity contribution is 6.24. The quantitative estimate of drug-likeness (QED) is 0.168. The Morgan fingerprint density at radius 3 is 1.57 bits per heavy atom. The second-order valence-corrected chi connectivity index (χ2v) is 17.6. The maximum atomic E-state index is 5.51. The normalized spacial score (nSPS) is 12.9. The molecule has 0 amide bonds. The molecule has 13 rings (SSSR count). The van der Waals surface area contributed by atoms with Gasteiger partial charge in [0.15, 0.2) is 11.6 Å². The zero-order chi connectivity index (χ0) is 43.2. The van der Waals surface area contributed by atoms with Gasteiger partial charge in [0.05, 0.1) is 27.8 Å². The molecule has 0 aliphatic heterocycles. The molecule has 0 bridgehead atoms. The van der Waals surface area contributed by atoms with Crippen LogP contribution in [-0.2, 0) is 5.41 Å². The molecule has 0 saturated heterocycles. The van der Waals surface area contributed by atoms with Crippen LogP contribution in [0, 0.1) is 0 Å². The molecule has 5 heteroatoms. The first-order valence-corrected chi connectivity index (χ1v) is 22.3. The second kappa shape index (κ2) is 14.3. The van der Waals surface area contributed by atoms with Gasteiger partial charge < -0.3 is 4.57 Å². The Hall–Kier alpha value is -8.41. The molecule has 1 aliphatic rings. The largest absolute Gasteiger partial charge is 0.307 e. The van der Waals surface area contributed by atoms with Crippen molar-refractivity contribution in [3.63, 3.8) is 0 Å². The van der Waals surface area contributed by atoms with Gasteiger partial charge in [0.25, 0.3) is 0 Å². The average Bonchev–Trinajstić information content (AvgIpc) is 3.97. The summed E-state index contributed by atoms with van der Waals surface area (Å²) in [7, 11) is 0. The molecule has 5 nitrogen and oxygen atoms in total. The fraction of sp³-hybridized carbons (Fsp3) is 0.0500. The van der Waals surface area contributed by atoms with Crippen molar-refractivity contribution in [1.29, 1.82) is 0 Å². The van der Waals surface area contributed by atoms with Gasteiger partial charge in [-0.2, -0.15) is 9.97 Å². The molecule has 12 aromatic rings. The van der Waals surface area contributed by atoms with Crippen molar-refractivity contribution in [2.45, 2.75) is 19.3 Å². The van der Waals surface area contributed by atoms with Crippen molar-refractivity contribution in [3.05, 3.63) is 223 Å². The highest BCUT2D eigenvalue weighted by Crippen LogP contribution is 2.50. The fourth-order valence-electron chi connectivity index (χ4n) is 10.6. The zero-order valence-corrected chi connectivity index (χ0v) is 35.9. The summed E-state index contributed by atoms with van der Waals surface area (Å²) in [5, 5.41) is 4.58. The molecule has 0 N–H and O–H groups in total. The third-order valence-electron chi connectivity index (χ3n) is 13.6. The third kappa shape index (κ3) is 5.62. The molecule has 9 aromatic carbocycles. The first-order valence-electron chi connectivity index (χ1n) is 22.3. The van der Waals surface area contributed by atoms with Crippen LogP contribution in [0.1, 0.15) is 25.0 Å². The first kappa shape index (κ1) is 37.2. The fourth-order valence-corrected chi connectivity index (χ4v) is 10.6. The molecule has 0 spiro atoms. The van der Waals surface area contributed by atoms with Crippen LogP contribution in [-0.4, -0.2) is 24.1 Å². The van der Waals surface area contributed by atoms with Gasteiger partial charge in [-0.15, -0.1) is 0 Å². The second-order valence-electron chi connectivity index (χ2n) is 17.6. The molecule has 3 aromatic heterocycles. The summed E-state index contributed by atoms with van der Waals surface area (Å²) in [6, 6.07) is 76.1. The third-order valence-corrected chi connectivity index (χ3v) is 13.6. The maximum Gasteiger partial charge on any atom is 0.238 e. The van der Waals surface area contributed by atoms with Gasteiger partial charge in [-0.1, -0.05) is 202 Å². The molecular formula is C60H41N5. The van der Waals surface area contributed by atoms with Crippen LogP contribution in [0.15, 0.2) is 212 Å². The Kier molecular flexibility index (Phi) is 8.18. The average molecular weight is 832 g/mol. The smallest absolute Gasteiger partial charge is 0.238 e. The van der Waals surface area contributed by atoms with E-state index in [1.807, 2.05) is 18.2 Å². The topological polar surface area (TPSA) is 48.5 Å². The number of fused-ring (bicyclic) bond motifs is 10. The predicted molar refractivity (Wildman–Crippen MR) is 268 cm³/mol. The minimum absolute atomic E-state index is 0.178. The van der Waals surface area contributed by atoms with E-state index >= 15 is 0 Å². The number of hydrogen-bond donors (Lipinski definition) is 0. The van der Waals surface area contributed by atoms with Gasteiger partial charge in [0, 0.05) is 43.7 Å². The van der Waals surface area contributed by atoms with Crippen LogP contribution in [0.2, 0.25) is 0 Å². The van der Waals surface area contributed by atoms with E-state index in [1.54, 1.807) is 0 Å². The van der Waals surface area contributed by atoms with Gasteiger partial charge in [-0.25, -0.2) is 4.98 Å². The van der Waals surface area contributed by atoms with Gasteiger partial charge in [0.2, 0.25) is 5.95 Å². The van der Waals surface area contributed by atoms with Gasteiger partial charge in [-0.3, -0.25) is 4.57 Å². The molecule has 0 unspecified atom stereocenters. The molecule has 0 radical (unpaired) electrons. The molecule has 0 saturated carbocycles. The van der Waals surface area contributed by atoms with Gasteiger partial charge >= 0.3 is 0 Å². The molecule has 0 fully saturated rings. The lowest BCUT2D eigenvalue weighted by Gasteiger charge is -2.22. The van der Waals surface area contributed by atoms with E-state index in [0.717, 1.165) is 66.2 Å². The van der Waals surface area contributed by atoms with Crippen molar-refractivity contribution in [3.8, 4) is 67.8 Å². The van der Waals surface area contributed by atoms with Crippen molar-refractivity contribution in [1.82, 2.24) is 24.1 Å². The van der Waals surface area contributed by atoms with E-state index in [4.69, 9.17) is 15.0 Å². The minimum Gasteiger partial charge on any atom is -0.307 e. The van der Waals surface area contributed by atoms with Crippen LogP contribution in [0.4, 0.5) is 0 Å². The van der Waals surface area contributed by atoms with Crippen molar-refractivity contribution in [2.24, 2.45) is 0 Å². The molecule has 1 aliphatic carbocycles. The minimum atomic E-state index is -0.178. The van der Waals surface area contributed by atoms with E-state index in [9.17, 15) is 0 Å². The molecule has 306 valence electrons. The number of aromatic nitrogens is 5. The lowest BCUT2D eigenvalue weighted by atomic mass is 9.82. The summed E-state index contributed by atoms with van der Waals surface area (Å²) in [5.74, 6) is 1.81. The van der Waals surface area contributed by atoms with Crippen LogP contribution in [0.5, 0.6) is 0 Å². The number of hydrogen-bond acceptors (Lipinski definition) is 3. The Labute approximate surface area is 376 Å². The SMILES string of the molecule is CC1(C)c2ccccc2-c2ccc(-c3nc(-c4ccccc4)nc(-n4c5ccccc5c5ccc6c7ccccc7n(-c7cccc(-c8ccccc8)c7-c7ccccc7)c6c54)n3)cc21. The van der Waals surface area contributed by atoms with Gasteiger partial charge in [-0.05, 0) is 63.2 Å². The summed E-state index contributed by atoms with van der Waals surface area (Å²) >= 11 is 0. The number of benzene rings is 9. The van der Waals surface area contributed by atoms with Crippen LogP contribution >= 0.6 is 0 Å². The van der Waals surface area contributed by atoms with Crippen molar-refractivity contribution >= 4 is 43.6 Å². The van der Waals surface area contributed by atoms with Crippen molar-refractivity contribution < 1.29 is 0 Å². The summed E-state index contributed by atoms with van der Waals surface area (Å²) < 4.78 is 4.77.